The maximum atomic E-state index is 10.9. The fourth-order valence-corrected chi connectivity index (χ4v) is 0.952. The molecule has 1 atom stereocenters. The van der Waals surface area contributed by atoms with Crippen LogP contribution >= 0.6 is 0 Å². The molecule has 6 nitrogen and oxygen atoms in total. The van der Waals surface area contributed by atoms with E-state index >= 15 is 0 Å². The Balaban J connectivity index is 2.40. The molecule has 1 aliphatic heterocycles. The summed E-state index contributed by atoms with van der Waals surface area (Å²) in [6, 6.07) is 0. The summed E-state index contributed by atoms with van der Waals surface area (Å²) in [6.45, 7) is 1.86. The highest BCUT2D eigenvalue weighted by molar-refractivity contribution is 6.30. The van der Waals surface area contributed by atoms with Crippen molar-refractivity contribution in [3.63, 3.8) is 0 Å². The third kappa shape index (κ3) is 2.45. The number of cyclic esters (lactones) is 1. The van der Waals surface area contributed by atoms with Crippen molar-refractivity contribution in [2.24, 2.45) is 0 Å². The van der Waals surface area contributed by atoms with Crippen molar-refractivity contribution in [1.82, 2.24) is 0 Å². The molecule has 14 heavy (non-hydrogen) atoms. The largest absolute Gasteiger partial charge is 0.463 e. The molecule has 0 spiro atoms. The molecule has 0 aromatic rings. The van der Waals surface area contributed by atoms with Gasteiger partial charge in [0.05, 0.1) is 13.2 Å². The van der Waals surface area contributed by atoms with Crippen molar-refractivity contribution in [3.8, 4) is 0 Å². The fraction of sp³-hybridized carbons (Fsp3) is 0.625. The number of carbonyl (C=O) groups is 3. The molecule has 0 radical (unpaired) electrons. The van der Waals surface area contributed by atoms with E-state index in [2.05, 4.69) is 14.2 Å². The molecule has 78 valence electrons. The molecule has 0 aliphatic carbocycles. The van der Waals surface area contributed by atoms with Gasteiger partial charge in [-0.3, -0.25) is 0 Å². The molecule has 0 N–H and O–H groups in total. The first-order valence-corrected chi connectivity index (χ1v) is 4.19. The summed E-state index contributed by atoms with van der Waals surface area (Å²) in [7, 11) is 0. The van der Waals surface area contributed by atoms with Crippen LogP contribution in [-0.4, -0.2) is 37.2 Å². The zero-order valence-corrected chi connectivity index (χ0v) is 7.65. The molecule has 1 unspecified atom stereocenters. The van der Waals surface area contributed by atoms with E-state index in [1.54, 1.807) is 6.92 Å². The van der Waals surface area contributed by atoms with Gasteiger partial charge in [0.1, 0.15) is 0 Å². The highest BCUT2D eigenvalue weighted by Crippen LogP contribution is 2.10. The van der Waals surface area contributed by atoms with Crippen LogP contribution in [0.3, 0.4) is 0 Å². The average Bonchev–Trinajstić information content (AvgIpc) is 2.52. The lowest BCUT2D eigenvalue weighted by atomic mass is 10.3. The minimum Gasteiger partial charge on any atom is -0.463 e. The second-order valence-corrected chi connectivity index (χ2v) is 2.57. The van der Waals surface area contributed by atoms with Gasteiger partial charge in [0.2, 0.25) is 6.10 Å². The third-order valence-electron chi connectivity index (χ3n) is 1.58. The molecular formula is C8H10O6. The molecule has 6 heteroatoms. The van der Waals surface area contributed by atoms with Gasteiger partial charge in [0.25, 0.3) is 0 Å². The molecule has 0 aromatic heterocycles. The highest BCUT2D eigenvalue weighted by atomic mass is 16.6. The lowest BCUT2D eigenvalue weighted by molar-refractivity contribution is -0.173. The van der Waals surface area contributed by atoms with E-state index in [0.717, 1.165) is 0 Å². The van der Waals surface area contributed by atoms with E-state index in [1.165, 1.54) is 0 Å². The first-order valence-electron chi connectivity index (χ1n) is 4.19. The van der Waals surface area contributed by atoms with Gasteiger partial charge in [-0.05, 0) is 6.92 Å². The number of carbonyl (C=O) groups excluding carboxylic acids is 3. The minimum atomic E-state index is -1.16. The van der Waals surface area contributed by atoms with Crippen molar-refractivity contribution in [2.45, 2.75) is 19.4 Å². The minimum absolute atomic E-state index is 0.0864. The van der Waals surface area contributed by atoms with Crippen LogP contribution in [0.1, 0.15) is 13.3 Å². The second-order valence-electron chi connectivity index (χ2n) is 2.57. The van der Waals surface area contributed by atoms with Gasteiger partial charge >= 0.3 is 17.9 Å². The lowest BCUT2D eigenvalue weighted by Gasteiger charge is -2.06. The Hall–Kier alpha value is -1.59. The Kier molecular flexibility index (Phi) is 3.44. The van der Waals surface area contributed by atoms with Crippen LogP contribution in [0.4, 0.5) is 0 Å². The van der Waals surface area contributed by atoms with Gasteiger partial charge < -0.3 is 14.2 Å². The van der Waals surface area contributed by atoms with E-state index in [4.69, 9.17) is 0 Å². The number of hydrogen-bond donors (Lipinski definition) is 0. The van der Waals surface area contributed by atoms with Crippen molar-refractivity contribution in [3.05, 3.63) is 0 Å². The molecule has 0 bridgehead atoms. The van der Waals surface area contributed by atoms with Crippen molar-refractivity contribution >= 4 is 17.9 Å². The summed E-state index contributed by atoms with van der Waals surface area (Å²) in [5.74, 6) is -2.87. The standard InChI is InChI=1S/C8H10O6/c1-2-12-7(10)8(11)14-5-3-4-13-6(5)9/h5H,2-4H2,1H3. The van der Waals surface area contributed by atoms with Gasteiger partial charge in [-0.1, -0.05) is 0 Å². The zero-order chi connectivity index (χ0) is 10.6. The zero-order valence-electron chi connectivity index (χ0n) is 7.65. The van der Waals surface area contributed by atoms with E-state index in [1.807, 2.05) is 0 Å². The van der Waals surface area contributed by atoms with E-state index in [0.29, 0.717) is 0 Å². The SMILES string of the molecule is CCOC(=O)C(=O)OC1CCOC1=O. The van der Waals surface area contributed by atoms with E-state index in [-0.39, 0.29) is 19.6 Å². The smallest absolute Gasteiger partial charge is 0.418 e. The third-order valence-corrected chi connectivity index (χ3v) is 1.58. The Labute approximate surface area is 80.1 Å². The molecule has 1 saturated heterocycles. The molecule has 1 rings (SSSR count). The highest BCUT2D eigenvalue weighted by Gasteiger charge is 2.32. The van der Waals surface area contributed by atoms with Crippen molar-refractivity contribution < 1.29 is 28.6 Å². The number of hydrogen-bond acceptors (Lipinski definition) is 6. The normalized spacial score (nSPS) is 20.1. The van der Waals surface area contributed by atoms with E-state index < -0.39 is 24.0 Å². The number of esters is 3. The molecule has 1 aliphatic rings. The van der Waals surface area contributed by atoms with Gasteiger partial charge in [-0.25, -0.2) is 14.4 Å². The van der Waals surface area contributed by atoms with Crippen LogP contribution in [-0.2, 0) is 28.6 Å². The summed E-state index contributed by atoms with van der Waals surface area (Å²) in [5.41, 5.74) is 0. The molecule has 0 saturated carbocycles. The Morgan fingerprint density at radius 3 is 2.71 bits per heavy atom. The van der Waals surface area contributed by atoms with Gasteiger partial charge in [-0.15, -0.1) is 0 Å². The summed E-state index contributed by atoms with van der Waals surface area (Å²) < 4.78 is 13.5. The topological polar surface area (TPSA) is 78.9 Å². The summed E-state index contributed by atoms with van der Waals surface area (Å²) in [6.07, 6.45) is -0.684. The van der Waals surface area contributed by atoms with Gasteiger partial charge in [0, 0.05) is 6.42 Å². The maximum absolute atomic E-state index is 10.9. The van der Waals surface area contributed by atoms with E-state index in [9.17, 15) is 14.4 Å². The second kappa shape index (κ2) is 4.59. The first kappa shape index (κ1) is 10.5. The van der Waals surface area contributed by atoms with Crippen LogP contribution in [0.25, 0.3) is 0 Å². The summed E-state index contributed by atoms with van der Waals surface area (Å²) >= 11 is 0. The van der Waals surface area contributed by atoms with Gasteiger partial charge in [0.15, 0.2) is 0 Å². The van der Waals surface area contributed by atoms with Crippen LogP contribution in [0, 0.1) is 0 Å². The molecule has 1 heterocycles. The first-order chi connectivity index (χ1) is 6.65. The molecule has 0 amide bonds. The Bertz CT molecular complexity index is 259. The fourth-order valence-electron chi connectivity index (χ4n) is 0.952. The lowest BCUT2D eigenvalue weighted by Crippen LogP contribution is -2.28. The van der Waals surface area contributed by atoms with Crippen molar-refractivity contribution in [2.75, 3.05) is 13.2 Å². The van der Waals surface area contributed by atoms with Crippen LogP contribution < -0.4 is 0 Å². The predicted molar refractivity (Wildman–Crippen MR) is 42.1 cm³/mol. The molecule has 1 fully saturated rings. The summed E-state index contributed by atoms with van der Waals surface area (Å²) in [4.78, 5) is 32.6. The monoisotopic (exact) mass is 202 g/mol. The number of rotatable bonds is 2. The average molecular weight is 202 g/mol. The van der Waals surface area contributed by atoms with Gasteiger partial charge in [-0.2, -0.15) is 0 Å². The quantitative estimate of drug-likeness (QED) is 0.338. The maximum Gasteiger partial charge on any atom is 0.418 e. The Morgan fingerprint density at radius 2 is 2.21 bits per heavy atom. The van der Waals surface area contributed by atoms with Crippen molar-refractivity contribution in [1.29, 1.82) is 0 Å². The number of ether oxygens (including phenoxy) is 3. The van der Waals surface area contributed by atoms with Crippen LogP contribution in [0.15, 0.2) is 0 Å². The Morgan fingerprint density at radius 1 is 1.50 bits per heavy atom. The predicted octanol–water partition coefficient (Wildman–Crippen LogP) is -0.592. The molecule has 0 aromatic carbocycles. The summed E-state index contributed by atoms with van der Waals surface area (Å²) in [5, 5.41) is 0. The van der Waals surface area contributed by atoms with Crippen LogP contribution in [0.2, 0.25) is 0 Å². The molecular weight excluding hydrogens is 192 g/mol. The van der Waals surface area contributed by atoms with Crippen LogP contribution in [0.5, 0.6) is 0 Å².